The molecule has 0 aromatic heterocycles. The van der Waals surface area contributed by atoms with Gasteiger partial charge in [0.15, 0.2) is 0 Å². The first-order valence-corrected chi connectivity index (χ1v) is 5.22. The molecule has 0 saturated carbocycles. The molecule has 17 heavy (non-hydrogen) atoms. The standard InChI is InChI=1S/C14H17NO.Li/c1-14(2,3)11-7-10-13(16)15-12-8-5-4-6-9-12;/h4-6,8-11H,1-3H3,(H,15,16);/q;+1/p-1. The van der Waals surface area contributed by atoms with Crippen LogP contribution in [0.5, 0.6) is 0 Å². The molecule has 0 N–H and O–H groups in total. The Morgan fingerprint density at radius 2 is 1.82 bits per heavy atom. The van der Waals surface area contributed by atoms with Gasteiger partial charge in [-0.25, -0.2) is 0 Å². The van der Waals surface area contributed by atoms with Crippen LogP contribution in [-0.2, 0) is 0 Å². The van der Waals surface area contributed by atoms with Crippen molar-refractivity contribution in [1.82, 2.24) is 0 Å². The minimum Gasteiger partial charge on any atom is -0.858 e. The van der Waals surface area contributed by atoms with Gasteiger partial charge in [-0.2, -0.15) is 0 Å². The van der Waals surface area contributed by atoms with Crippen LogP contribution in [0.3, 0.4) is 0 Å². The number of rotatable bonds is 2. The van der Waals surface area contributed by atoms with Gasteiger partial charge in [0.1, 0.15) is 0 Å². The van der Waals surface area contributed by atoms with Gasteiger partial charge < -0.3 is 5.11 Å². The van der Waals surface area contributed by atoms with Gasteiger partial charge in [-0.3, -0.25) is 4.99 Å². The van der Waals surface area contributed by atoms with E-state index in [0.717, 1.165) is 0 Å². The number of aliphatic imine (C=N–C) groups is 1. The molecule has 0 fully saturated rings. The minimum absolute atomic E-state index is 0. The monoisotopic (exact) mass is 221 g/mol. The second-order valence-corrected chi connectivity index (χ2v) is 4.61. The Morgan fingerprint density at radius 3 is 2.35 bits per heavy atom. The molecule has 1 aromatic carbocycles. The van der Waals surface area contributed by atoms with Crippen LogP contribution in [0.4, 0.5) is 5.69 Å². The first-order valence-electron chi connectivity index (χ1n) is 5.22. The van der Waals surface area contributed by atoms with E-state index in [9.17, 15) is 5.11 Å². The SMILES string of the molecule is CC(C)(C)C=C=CC([O-])=Nc1ccccc1.[Li+]. The summed E-state index contributed by atoms with van der Waals surface area (Å²) in [4.78, 5) is 3.90. The molecule has 0 unspecified atom stereocenters. The van der Waals surface area contributed by atoms with Crippen molar-refractivity contribution in [3.8, 4) is 0 Å². The molecule has 0 spiro atoms. The topological polar surface area (TPSA) is 35.4 Å². The third-order valence-corrected chi connectivity index (χ3v) is 1.72. The molecule has 1 aromatic rings. The van der Waals surface area contributed by atoms with Crippen LogP contribution >= 0.6 is 0 Å². The minimum atomic E-state index is -0.285. The van der Waals surface area contributed by atoms with Crippen LogP contribution in [0, 0.1) is 5.41 Å². The summed E-state index contributed by atoms with van der Waals surface area (Å²) < 4.78 is 0. The molecule has 0 amide bonds. The summed E-state index contributed by atoms with van der Waals surface area (Å²) in [5.41, 5.74) is 3.55. The van der Waals surface area contributed by atoms with Crippen LogP contribution in [0.25, 0.3) is 0 Å². The number of benzene rings is 1. The Hall–Kier alpha value is -1.19. The van der Waals surface area contributed by atoms with Crippen molar-refractivity contribution in [2.24, 2.45) is 10.4 Å². The van der Waals surface area contributed by atoms with Gasteiger partial charge in [-0.15, -0.1) is 5.73 Å². The molecule has 0 aliphatic carbocycles. The van der Waals surface area contributed by atoms with E-state index >= 15 is 0 Å². The largest absolute Gasteiger partial charge is 1.00 e. The van der Waals surface area contributed by atoms with Gasteiger partial charge in [-0.05, 0) is 35.6 Å². The van der Waals surface area contributed by atoms with Gasteiger partial charge in [0.2, 0.25) is 0 Å². The van der Waals surface area contributed by atoms with Crippen LogP contribution in [0.1, 0.15) is 20.8 Å². The maximum atomic E-state index is 11.4. The summed E-state index contributed by atoms with van der Waals surface area (Å²) in [5.74, 6) is -0.285. The van der Waals surface area contributed by atoms with Crippen LogP contribution in [0.2, 0.25) is 0 Å². The summed E-state index contributed by atoms with van der Waals surface area (Å²) in [5, 5.41) is 11.4. The van der Waals surface area contributed by atoms with Crippen LogP contribution in [-0.4, -0.2) is 5.90 Å². The fraction of sp³-hybridized carbons (Fsp3) is 0.286. The van der Waals surface area contributed by atoms with E-state index < -0.39 is 0 Å². The Morgan fingerprint density at radius 1 is 1.24 bits per heavy atom. The summed E-state index contributed by atoms with van der Waals surface area (Å²) in [6.07, 6.45) is 3.21. The molecular weight excluding hydrogens is 205 g/mol. The van der Waals surface area contributed by atoms with Gasteiger partial charge in [0.05, 0.1) is 5.69 Å². The molecular formula is C14H16LiNO. The molecule has 2 nitrogen and oxygen atoms in total. The molecule has 0 bridgehead atoms. The molecule has 0 saturated heterocycles. The van der Waals surface area contributed by atoms with Crippen LogP contribution < -0.4 is 24.0 Å². The average molecular weight is 221 g/mol. The Balaban J connectivity index is 0.00000256. The Labute approximate surface area is 115 Å². The number of nitrogens with zero attached hydrogens (tertiary/aromatic N) is 1. The molecule has 0 aliphatic heterocycles. The fourth-order valence-electron chi connectivity index (χ4n) is 1.02. The zero-order valence-corrected chi connectivity index (χ0v) is 10.9. The zero-order valence-electron chi connectivity index (χ0n) is 10.9. The zero-order chi connectivity index (χ0) is 12.0. The molecule has 0 heterocycles. The van der Waals surface area contributed by atoms with Crippen molar-refractivity contribution < 1.29 is 24.0 Å². The predicted octanol–water partition coefficient (Wildman–Crippen LogP) is -0.162. The van der Waals surface area contributed by atoms with E-state index in [0.29, 0.717) is 5.69 Å². The average Bonchev–Trinajstić information content (AvgIpc) is 2.17. The van der Waals surface area contributed by atoms with E-state index in [4.69, 9.17) is 0 Å². The number of hydrogen-bond donors (Lipinski definition) is 0. The van der Waals surface area contributed by atoms with Crippen molar-refractivity contribution in [2.75, 3.05) is 0 Å². The predicted molar refractivity (Wildman–Crippen MR) is 65.6 cm³/mol. The maximum Gasteiger partial charge on any atom is 1.00 e. The summed E-state index contributed by atoms with van der Waals surface area (Å²) in [7, 11) is 0. The Kier molecular flexibility index (Phi) is 6.69. The smallest absolute Gasteiger partial charge is 0.858 e. The third kappa shape index (κ3) is 7.66. The van der Waals surface area contributed by atoms with Gasteiger partial charge in [-0.1, -0.05) is 39.0 Å². The summed E-state index contributed by atoms with van der Waals surface area (Å²) >= 11 is 0. The molecule has 84 valence electrons. The Bertz CT molecular complexity index is 423. The van der Waals surface area contributed by atoms with Gasteiger partial charge >= 0.3 is 18.9 Å². The second kappa shape index (κ2) is 7.20. The van der Waals surface area contributed by atoms with Gasteiger partial charge in [0.25, 0.3) is 0 Å². The van der Waals surface area contributed by atoms with E-state index in [2.05, 4.69) is 10.7 Å². The van der Waals surface area contributed by atoms with Crippen molar-refractivity contribution in [3.63, 3.8) is 0 Å². The van der Waals surface area contributed by atoms with E-state index in [-0.39, 0.29) is 30.2 Å². The third-order valence-electron chi connectivity index (χ3n) is 1.72. The summed E-state index contributed by atoms with van der Waals surface area (Å²) in [6, 6.07) is 9.17. The van der Waals surface area contributed by atoms with E-state index in [1.54, 1.807) is 12.1 Å². The normalized spacial score (nSPS) is 11.1. The maximum absolute atomic E-state index is 11.4. The van der Waals surface area contributed by atoms with Crippen molar-refractivity contribution in [2.45, 2.75) is 20.8 Å². The molecule has 0 atom stereocenters. The molecule has 1 rings (SSSR count). The fourth-order valence-corrected chi connectivity index (χ4v) is 1.02. The number of para-hydroxylation sites is 1. The first-order chi connectivity index (χ1) is 7.47. The number of hydrogen-bond acceptors (Lipinski definition) is 2. The summed E-state index contributed by atoms with van der Waals surface area (Å²) in [6.45, 7) is 6.14. The molecule has 3 heteroatoms. The van der Waals surface area contributed by atoms with Crippen molar-refractivity contribution in [1.29, 1.82) is 0 Å². The van der Waals surface area contributed by atoms with Crippen molar-refractivity contribution in [3.05, 3.63) is 48.2 Å². The first kappa shape index (κ1) is 15.8. The molecule has 0 aliphatic rings. The second-order valence-electron chi connectivity index (χ2n) is 4.61. The quantitative estimate of drug-likeness (QED) is 0.296. The van der Waals surface area contributed by atoms with Crippen LogP contribution in [0.15, 0.2) is 53.2 Å². The van der Waals surface area contributed by atoms with E-state index in [1.807, 2.05) is 45.0 Å². The molecule has 0 radical (unpaired) electrons. The van der Waals surface area contributed by atoms with E-state index in [1.165, 1.54) is 6.08 Å². The van der Waals surface area contributed by atoms with Crippen molar-refractivity contribution >= 4 is 11.6 Å². The van der Waals surface area contributed by atoms with Gasteiger partial charge in [0, 0.05) is 0 Å².